The van der Waals surface area contributed by atoms with Crippen molar-refractivity contribution in [2.45, 2.75) is 13.3 Å². The normalized spacial score (nSPS) is 10.3. The fraction of sp³-hybridized carbons (Fsp3) is 0.190. The second-order valence-corrected chi connectivity index (χ2v) is 6.12. The Kier molecular flexibility index (Phi) is 5.99. The molecule has 0 saturated heterocycles. The number of hydrogen-bond acceptors (Lipinski definition) is 5. The van der Waals surface area contributed by atoms with Gasteiger partial charge in [-0.3, -0.25) is 4.79 Å². The molecule has 138 valence electrons. The van der Waals surface area contributed by atoms with E-state index in [9.17, 15) is 4.79 Å². The van der Waals surface area contributed by atoms with Gasteiger partial charge in [0.25, 0.3) is 5.91 Å². The van der Waals surface area contributed by atoms with Crippen LogP contribution in [0.3, 0.4) is 0 Å². The highest BCUT2D eigenvalue weighted by Crippen LogP contribution is 2.17. The lowest BCUT2D eigenvalue weighted by Gasteiger charge is -2.09. The molecular weight excluding hydrogens is 340 g/mol. The average molecular weight is 362 g/mol. The quantitative estimate of drug-likeness (QED) is 0.670. The lowest BCUT2D eigenvalue weighted by Crippen LogP contribution is -2.15. The van der Waals surface area contributed by atoms with Crippen molar-refractivity contribution in [1.29, 1.82) is 0 Å². The number of ether oxygens (including phenoxy) is 1. The number of aromatic nitrogens is 2. The standard InChI is InChI=1S/C21H22N4O2/c1-15-6-5-8-17(14-15)23-21(26)18-10-11-20(25-24-18)22-13-12-16-7-3-4-9-19(16)27-2/h3-11,14H,12-13H2,1-2H3,(H,22,25)(H,23,26). The predicted molar refractivity (Wildman–Crippen MR) is 106 cm³/mol. The third-order valence-electron chi connectivity index (χ3n) is 4.07. The average Bonchev–Trinajstić information content (AvgIpc) is 2.69. The van der Waals surface area contributed by atoms with Gasteiger partial charge in [-0.15, -0.1) is 10.2 Å². The van der Waals surface area contributed by atoms with Crippen LogP contribution in [0.4, 0.5) is 11.5 Å². The highest BCUT2D eigenvalue weighted by atomic mass is 16.5. The number of carbonyl (C=O) groups is 1. The zero-order valence-corrected chi connectivity index (χ0v) is 15.4. The molecular formula is C21H22N4O2. The number of hydrogen-bond donors (Lipinski definition) is 2. The summed E-state index contributed by atoms with van der Waals surface area (Å²) >= 11 is 0. The van der Waals surface area contributed by atoms with E-state index >= 15 is 0 Å². The number of benzene rings is 2. The van der Waals surface area contributed by atoms with E-state index in [1.54, 1.807) is 19.2 Å². The summed E-state index contributed by atoms with van der Waals surface area (Å²) < 4.78 is 5.35. The molecule has 1 aromatic heterocycles. The Hall–Kier alpha value is -3.41. The summed E-state index contributed by atoms with van der Waals surface area (Å²) in [5.74, 6) is 1.21. The van der Waals surface area contributed by atoms with Crippen LogP contribution in [0, 0.1) is 6.92 Å². The van der Waals surface area contributed by atoms with Gasteiger partial charge in [-0.2, -0.15) is 0 Å². The van der Waals surface area contributed by atoms with Gasteiger partial charge in [0.15, 0.2) is 5.69 Å². The SMILES string of the molecule is COc1ccccc1CCNc1ccc(C(=O)Nc2cccc(C)c2)nn1. The summed E-state index contributed by atoms with van der Waals surface area (Å²) in [6.07, 6.45) is 0.793. The second kappa shape index (κ2) is 8.80. The summed E-state index contributed by atoms with van der Waals surface area (Å²) in [4.78, 5) is 12.3. The molecule has 1 heterocycles. The molecule has 0 spiro atoms. The minimum absolute atomic E-state index is 0.270. The first-order valence-corrected chi connectivity index (χ1v) is 8.73. The van der Waals surface area contributed by atoms with Crippen LogP contribution in [0.5, 0.6) is 5.75 Å². The van der Waals surface area contributed by atoms with E-state index in [1.165, 1.54) is 0 Å². The summed E-state index contributed by atoms with van der Waals surface area (Å²) in [6, 6.07) is 18.9. The van der Waals surface area contributed by atoms with Crippen molar-refractivity contribution in [2.75, 3.05) is 24.3 Å². The molecule has 27 heavy (non-hydrogen) atoms. The first kappa shape index (κ1) is 18.4. The molecule has 1 amide bonds. The van der Waals surface area contributed by atoms with Crippen LogP contribution in [0.15, 0.2) is 60.7 Å². The summed E-state index contributed by atoms with van der Waals surface area (Å²) in [5.41, 5.74) is 3.20. The van der Waals surface area contributed by atoms with E-state index in [4.69, 9.17) is 4.74 Å². The Morgan fingerprint density at radius 1 is 1.04 bits per heavy atom. The molecule has 0 bridgehead atoms. The maximum Gasteiger partial charge on any atom is 0.276 e. The first-order chi connectivity index (χ1) is 13.2. The van der Waals surface area contributed by atoms with Gasteiger partial charge >= 0.3 is 0 Å². The van der Waals surface area contributed by atoms with Crippen LogP contribution in [-0.4, -0.2) is 29.8 Å². The first-order valence-electron chi connectivity index (χ1n) is 8.73. The summed E-state index contributed by atoms with van der Waals surface area (Å²) in [5, 5.41) is 14.1. The van der Waals surface area contributed by atoms with Crippen molar-refractivity contribution >= 4 is 17.4 Å². The number of para-hydroxylation sites is 1. The third-order valence-corrected chi connectivity index (χ3v) is 4.07. The molecule has 0 radical (unpaired) electrons. The topological polar surface area (TPSA) is 76.1 Å². The molecule has 3 aromatic rings. The molecule has 3 rings (SSSR count). The van der Waals surface area contributed by atoms with E-state index in [2.05, 4.69) is 20.8 Å². The van der Waals surface area contributed by atoms with Crippen LogP contribution in [0.2, 0.25) is 0 Å². The molecule has 0 saturated carbocycles. The largest absolute Gasteiger partial charge is 0.496 e. The van der Waals surface area contributed by atoms with Crippen molar-refractivity contribution in [1.82, 2.24) is 10.2 Å². The Labute approximate surface area is 158 Å². The van der Waals surface area contributed by atoms with Crippen molar-refractivity contribution in [3.05, 3.63) is 77.5 Å². The number of methoxy groups -OCH3 is 1. The number of nitrogens with zero attached hydrogens (tertiary/aromatic N) is 2. The predicted octanol–water partition coefficient (Wildman–Crippen LogP) is 3.70. The summed E-state index contributed by atoms with van der Waals surface area (Å²) in [7, 11) is 1.66. The van der Waals surface area contributed by atoms with Gasteiger partial charge in [-0.05, 0) is 54.8 Å². The van der Waals surface area contributed by atoms with Gasteiger partial charge in [0, 0.05) is 12.2 Å². The number of anilines is 2. The van der Waals surface area contributed by atoms with Crippen molar-refractivity contribution in [2.24, 2.45) is 0 Å². The zero-order chi connectivity index (χ0) is 19.1. The Morgan fingerprint density at radius 2 is 1.89 bits per heavy atom. The highest BCUT2D eigenvalue weighted by Gasteiger charge is 2.09. The number of amides is 1. The maximum absolute atomic E-state index is 12.3. The van der Waals surface area contributed by atoms with Crippen LogP contribution >= 0.6 is 0 Å². The van der Waals surface area contributed by atoms with Crippen molar-refractivity contribution in [3.8, 4) is 5.75 Å². The van der Waals surface area contributed by atoms with E-state index in [0.717, 1.165) is 29.0 Å². The Bertz CT molecular complexity index is 910. The summed E-state index contributed by atoms with van der Waals surface area (Å²) in [6.45, 7) is 2.66. The van der Waals surface area contributed by atoms with Gasteiger partial charge < -0.3 is 15.4 Å². The number of nitrogens with one attached hydrogen (secondary N) is 2. The smallest absolute Gasteiger partial charge is 0.276 e. The monoisotopic (exact) mass is 362 g/mol. The van der Waals surface area contributed by atoms with Crippen LogP contribution in [0.25, 0.3) is 0 Å². The van der Waals surface area contributed by atoms with Crippen LogP contribution in [0.1, 0.15) is 21.6 Å². The van der Waals surface area contributed by atoms with E-state index in [-0.39, 0.29) is 11.6 Å². The number of aryl methyl sites for hydroxylation is 1. The van der Waals surface area contributed by atoms with Crippen molar-refractivity contribution < 1.29 is 9.53 Å². The lowest BCUT2D eigenvalue weighted by molar-refractivity contribution is 0.102. The van der Waals surface area contributed by atoms with E-state index in [1.807, 2.05) is 55.5 Å². The lowest BCUT2D eigenvalue weighted by atomic mass is 10.1. The third kappa shape index (κ3) is 5.04. The molecule has 0 unspecified atom stereocenters. The molecule has 0 aliphatic carbocycles. The molecule has 0 aliphatic heterocycles. The van der Waals surface area contributed by atoms with Gasteiger partial charge in [-0.25, -0.2) is 0 Å². The Morgan fingerprint density at radius 3 is 2.63 bits per heavy atom. The van der Waals surface area contributed by atoms with Crippen LogP contribution < -0.4 is 15.4 Å². The highest BCUT2D eigenvalue weighted by molar-refractivity contribution is 6.02. The molecule has 0 atom stereocenters. The van der Waals surface area contributed by atoms with E-state index < -0.39 is 0 Å². The minimum Gasteiger partial charge on any atom is -0.496 e. The fourth-order valence-electron chi connectivity index (χ4n) is 2.70. The number of carbonyl (C=O) groups excluding carboxylic acids is 1. The fourth-order valence-corrected chi connectivity index (χ4v) is 2.70. The molecule has 0 fully saturated rings. The maximum atomic E-state index is 12.3. The zero-order valence-electron chi connectivity index (χ0n) is 15.4. The van der Waals surface area contributed by atoms with E-state index in [0.29, 0.717) is 12.4 Å². The Balaban J connectivity index is 1.54. The molecule has 2 N–H and O–H groups in total. The molecule has 6 heteroatoms. The molecule has 2 aromatic carbocycles. The molecule has 6 nitrogen and oxygen atoms in total. The van der Waals surface area contributed by atoms with Crippen LogP contribution in [-0.2, 0) is 6.42 Å². The molecule has 0 aliphatic rings. The second-order valence-electron chi connectivity index (χ2n) is 6.12. The van der Waals surface area contributed by atoms with Gasteiger partial charge in [0.2, 0.25) is 0 Å². The van der Waals surface area contributed by atoms with Gasteiger partial charge in [-0.1, -0.05) is 30.3 Å². The van der Waals surface area contributed by atoms with Gasteiger partial charge in [0.1, 0.15) is 11.6 Å². The van der Waals surface area contributed by atoms with Gasteiger partial charge in [0.05, 0.1) is 7.11 Å². The van der Waals surface area contributed by atoms with Crippen molar-refractivity contribution in [3.63, 3.8) is 0 Å². The minimum atomic E-state index is -0.284. The number of rotatable bonds is 7.